The molecule has 0 unspecified atom stereocenters. The molecule has 0 saturated carbocycles. The lowest BCUT2D eigenvalue weighted by atomic mass is 10.1. The number of methoxy groups -OCH3 is 1. The molecule has 1 aromatic carbocycles. The molecular formula is C14H16O6S. The summed E-state index contributed by atoms with van der Waals surface area (Å²) in [6.07, 6.45) is 1.56. The molecule has 0 radical (unpaired) electrons. The summed E-state index contributed by atoms with van der Waals surface area (Å²) in [5.41, 5.74) is 1.51. The number of rotatable bonds is 6. The highest BCUT2D eigenvalue weighted by atomic mass is 32.2. The van der Waals surface area contributed by atoms with Crippen LogP contribution in [0.3, 0.4) is 0 Å². The van der Waals surface area contributed by atoms with Crippen molar-refractivity contribution in [2.45, 2.75) is 12.8 Å². The molecule has 114 valence electrons. The van der Waals surface area contributed by atoms with E-state index in [-0.39, 0.29) is 19.0 Å². The largest absolute Gasteiger partial charge is 0.469 e. The third-order valence-electron chi connectivity index (χ3n) is 2.85. The van der Waals surface area contributed by atoms with Crippen molar-refractivity contribution in [1.29, 1.82) is 0 Å². The van der Waals surface area contributed by atoms with Crippen molar-refractivity contribution in [1.82, 2.24) is 0 Å². The monoisotopic (exact) mass is 312 g/mol. The van der Waals surface area contributed by atoms with Gasteiger partial charge >= 0.3 is 5.97 Å². The number of furan rings is 1. The molecule has 0 aliphatic heterocycles. The Bertz CT molecular complexity index is 744. The first-order valence-corrected chi connectivity index (χ1v) is 8.11. The number of ether oxygens (including phenoxy) is 1. The van der Waals surface area contributed by atoms with Gasteiger partial charge in [-0.1, -0.05) is 6.07 Å². The molecular weight excluding hydrogens is 296 g/mol. The summed E-state index contributed by atoms with van der Waals surface area (Å²) in [5, 5.41) is 0.853. The van der Waals surface area contributed by atoms with Gasteiger partial charge in [0, 0.05) is 11.8 Å². The maximum atomic E-state index is 11.2. The third-order valence-corrected chi connectivity index (χ3v) is 3.45. The number of carbonyl (C=O) groups excluding carboxylic acids is 1. The number of hydrogen-bond acceptors (Lipinski definition) is 6. The minimum Gasteiger partial charge on any atom is -0.469 e. The summed E-state index contributed by atoms with van der Waals surface area (Å²) < 4.78 is 36.6. The van der Waals surface area contributed by atoms with Crippen LogP contribution in [0.4, 0.5) is 0 Å². The van der Waals surface area contributed by atoms with E-state index in [1.54, 1.807) is 12.1 Å². The van der Waals surface area contributed by atoms with Gasteiger partial charge in [-0.3, -0.25) is 8.98 Å². The Morgan fingerprint density at radius 3 is 2.71 bits per heavy atom. The number of fused-ring (bicyclic) bond motifs is 1. The Labute approximate surface area is 122 Å². The first kappa shape index (κ1) is 15.5. The minimum absolute atomic E-state index is 0.0354. The van der Waals surface area contributed by atoms with Crippen LogP contribution in [-0.2, 0) is 36.7 Å². The van der Waals surface area contributed by atoms with Crippen molar-refractivity contribution in [3.05, 3.63) is 35.6 Å². The first-order valence-electron chi connectivity index (χ1n) is 6.30. The predicted octanol–water partition coefficient (Wildman–Crippen LogP) is 1.67. The van der Waals surface area contributed by atoms with Crippen LogP contribution >= 0.6 is 0 Å². The lowest BCUT2D eigenvalue weighted by Gasteiger charge is -1.99. The molecule has 6 nitrogen and oxygen atoms in total. The summed E-state index contributed by atoms with van der Waals surface area (Å²) in [4.78, 5) is 11.2. The summed E-state index contributed by atoms with van der Waals surface area (Å²) in [6, 6.07) is 7.21. The van der Waals surface area contributed by atoms with Crippen LogP contribution in [0.25, 0.3) is 11.0 Å². The fraction of sp³-hybridized carbons (Fsp3) is 0.357. The molecule has 21 heavy (non-hydrogen) atoms. The SMILES string of the molecule is COC(=O)Cc1ccc2oc(CCOS(C)(=O)=O)cc2c1. The summed E-state index contributed by atoms with van der Waals surface area (Å²) in [5.74, 6) is 0.323. The fourth-order valence-corrected chi connectivity index (χ4v) is 2.30. The molecule has 1 aromatic heterocycles. The van der Waals surface area contributed by atoms with Crippen LogP contribution in [0, 0.1) is 0 Å². The van der Waals surface area contributed by atoms with Gasteiger partial charge in [0.2, 0.25) is 0 Å². The van der Waals surface area contributed by atoms with E-state index in [0.29, 0.717) is 17.8 Å². The zero-order chi connectivity index (χ0) is 15.5. The van der Waals surface area contributed by atoms with Gasteiger partial charge < -0.3 is 9.15 Å². The van der Waals surface area contributed by atoms with E-state index >= 15 is 0 Å². The second-order valence-electron chi connectivity index (χ2n) is 4.61. The molecule has 0 aliphatic rings. The topological polar surface area (TPSA) is 82.8 Å². The number of hydrogen-bond donors (Lipinski definition) is 0. The second-order valence-corrected chi connectivity index (χ2v) is 6.26. The molecule has 0 spiro atoms. The smallest absolute Gasteiger partial charge is 0.309 e. The summed E-state index contributed by atoms with van der Waals surface area (Å²) in [7, 11) is -2.09. The van der Waals surface area contributed by atoms with Crippen molar-refractivity contribution in [2.75, 3.05) is 20.0 Å². The van der Waals surface area contributed by atoms with E-state index in [4.69, 9.17) is 4.42 Å². The van der Waals surface area contributed by atoms with Crippen molar-refractivity contribution in [3.63, 3.8) is 0 Å². The molecule has 0 atom stereocenters. The van der Waals surface area contributed by atoms with Gasteiger partial charge in [0.05, 0.1) is 26.4 Å². The Morgan fingerprint density at radius 1 is 1.29 bits per heavy atom. The van der Waals surface area contributed by atoms with E-state index in [9.17, 15) is 13.2 Å². The van der Waals surface area contributed by atoms with Crippen LogP contribution in [0.1, 0.15) is 11.3 Å². The highest BCUT2D eigenvalue weighted by molar-refractivity contribution is 7.85. The zero-order valence-corrected chi connectivity index (χ0v) is 12.6. The highest BCUT2D eigenvalue weighted by Gasteiger charge is 2.09. The summed E-state index contributed by atoms with van der Waals surface area (Å²) in [6.45, 7) is 0.0354. The molecule has 0 fully saturated rings. The Kier molecular flexibility index (Phi) is 4.64. The average Bonchev–Trinajstić information content (AvgIpc) is 2.79. The lowest BCUT2D eigenvalue weighted by molar-refractivity contribution is -0.139. The van der Waals surface area contributed by atoms with Gasteiger partial charge in [-0.05, 0) is 23.8 Å². The number of benzene rings is 1. The molecule has 0 amide bonds. The standard InChI is InChI=1S/C14H16O6S/c1-18-14(15)8-10-3-4-13-11(7-10)9-12(20-13)5-6-19-21(2,16)17/h3-4,7,9H,5-6,8H2,1-2H3. The van der Waals surface area contributed by atoms with Crippen LogP contribution in [-0.4, -0.2) is 34.4 Å². The van der Waals surface area contributed by atoms with Crippen molar-refractivity contribution >= 4 is 27.1 Å². The van der Waals surface area contributed by atoms with Crippen molar-refractivity contribution < 1.29 is 26.5 Å². The van der Waals surface area contributed by atoms with Gasteiger partial charge in [-0.2, -0.15) is 8.42 Å². The van der Waals surface area contributed by atoms with Crippen LogP contribution in [0.2, 0.25) is 0 Å². The normalized spacial score (nSPS) is 11.7. The van der Waals surface area contributed by atoms with E-state index in [1.807, 2.05) is 12.1 Å². The van der Waals surface area contributed by atoms with Crippen molar-refractivity contribution in [2.24, 2.45) is 0 Å². The third kappa shape index (κ3) is 4.57. The first-order chi connectivity index (χ1) is 9.87. The summed E-state index contributed by atoms with van der Waals surface area (Å²) >= 11 is 0. The molecule has 0 saturated heterocycles. The molecule has 0 bridgehead atoms. The predicted molar refractivity (Wildman–Crippen MR) is 76.4 cm³/mol. The van der Waals surface area contributed by atoms with E-state index in [2.05, 4.69) is 8.92 Å². The molecule has 1 heterocycles. The van der Waals surface area contributed by atoms with Crippen LogP contribution < -0.4 is 0 Å². The van der Waals surface area contributed by atoms with E-state index in [1.165, 1.54) is 7.11 Å². The zero-order valence-electron chi connectivity index (χ0n) is 11.8. The van der Waals surface area contributed by atoms with Gasteiger partial charge in [0.15, 0.2) is 0 Å². The Morgan fingerprint density at radius 2 is 2.05 bits per heavy atom. The fourth-order valence-electron chi connectivity index (χ4n) is 1.91. The van der Waals surface area contributed by atoms with Crippen LogP contribution in [0.5, 0.6) is 0 Å². The maximum absolute atomic E-state index is 11.2. The quantitative estimate of drug-likeness (QED) is 0.596. The van der Waals surface area contributed by atoms with E-state index in [0.717, 1.165) is 17.2 Å². The Hall–Kier alpha value is -1.86. The molecule has 0 N–H and O–H groups in total. The highest BCUT2D eigenvalue weighted by Crippen LogP contribution is 2.21. The van der Waals surface area contributed by atoms with E-state index < -0.39 is 10.1 Å². The van der Waals surface area contributed by atoms with Crippen LogP contribution in [0.15, 0.2) is 28.7 Å². The Balaban J connectivity index is 2.09. The van der Waals surface area contributed by atoms with Gasteiger partial charge in [0.25, 0.3) is 10.1 Å². The second kappa shape index (κ2) is 6.28. The van der Waals surface area contributed by atoms with Gasteiger partial charge in [-0.15, -0.1) is 0 Å². The number of carbonyl (C=O) groups is 1. The molecule has 2 aromatic rings. The average molecular weight is 312 g/mol. The lowest BCUT2D eigenvalue weighted by Crippen LogP contribution is -2.05. The number of esters is 1. The molecule has 7 heteroatoms. The molecule has 0 aliphatic carbocycles. The molecule has 2 rings (SSSR count). The van der Waals surface area contributed by atoms with Gasteiger partial charge in [0.1, 0.15) is 11.3 Å². The van der Waals surface area contributed by atoms with Crippen molar-refractivity contribution in [3.8, 4) is 0 Å². The maximum Gasteiger partial charge on any atom is 0.309 e. The minimum atomic E-state index is -3.44. The van der Waals surface area contributed by atoms with Gasteiger partial charge in [-0.25, -0.2) is 0 Å².